The van der Waals surface area contributed by atoms with Crippen molar-refractivity contribution < 1.29 is 14.6 Å². The highest BCUT2D eigenvalue weighted by Gasteiger charge is 2.09. The smallest absolute Gasteiger partial charge is 0.246 e. The van der Waals surface area contributed by atoms with Gasteiger partial charge in [-0.1, -0.05) is 13.8 Å². The summed E-state index contributed by atoms with van der Waals surface area (Å²) in [6, 6.07) is 0. The number of ether oxygens (including phenoxy) is 1. The van der Waals surface area contributed by atoms with Crippen LogP contribution in [0.4, 0.5) is 0 Å². The Labute approximate surface area is 72.9 Å². The predicted octanol–water partition coefficient (Wildman–Crippen LogP) is -0.234. The fraction of sp³-hybridized carbons (Fsp3) is 0.875. The first-order valence-electron chi connectivity index (χ1n) is 4.01. The molecule has 1 unspecified atom stereocenters. The van der Waals surface area contributed by atoms with E-state index in [1.54, 1.807) is 0 Å². The van der Waals surface area contributed by atoms with Crippen molar-refractivity contribution >= 4 is 5.91 Å². The van der Waals surface area contributed by atoms with Crippen LogP contribution in [0.25, 0.3) is 0 Å². The maximum atomic E-state index is 10.8. The van der Waals surface area contributed by atoms with Gasteiger partial charge >= 0.3 is 0 Å². The van der Waals surface area contributed by atoms with Gasteiger partial charge in [0.1, 0.15) is 6.61 Å². The molecule has 0 aromatic carbocycles. The lowest BCUT2D eigenvalue weighted by Crippen LogP contribution is -2.36. The van der Waals surface area contributed by atoms with Crippen LogP contribution in [-0.4, -0.2) is 37.4 Å². The van der Waals surface area contributed by atoms with Crippen molar-refractivity contribution in [1.29, 1.82) is 0 Å². The van der Waals surface area contributed by atoms with Gasteiger partial charge in [-0.3, -0.25) is 4.79 Å². The summed E-state index contributed by atoms with van der Waals surface area (Å²) < 4.78 is 4.60. The summed E-state index contributed by atoms with van der Waals surface area (Å²) >= 11 is 0. The average Bonchev–Trinajstić information content (AvgIpc) is 2.00. The fourth-order valence-electron chi connectivity index (χ4n) is 0.636. The molecule has 72 valence electrons. The second-order valence-corrected chi connectivity index (χ2v) is 3.05. The molecule has 0 heterocycles. The Morgan fingerprint density at radius 3 is 2.58 bits per heavy atom. The molecule has 4 nitrogen and oxygen atoms in total. The minimum Gasteiger partial charge on any atom is -0.391 e. The van der Waals surface area contributed by atoms with Gasteiger partial charge < -0.3 is 15.2 Å². The van der Waals surface area contributed by atoms with E-state index in [1.807, 2.05) is 13.8 Å². The van der Waals surface area contributed by atoms with Crippen molar-refractivity contribution in [2.24, 2.45) is 5.92 Å². The lowest BCUT2D eigenvalue weighted by Gasteiger charge is -2.14. The third kappa shape index (κ3) is 5.09. The molecule has 12 heavy (non-hydrogen) atoms. The SMILES string of the molecule is COCC(=O)NCC(O)C(C)C. The van der Waals surface area contributed by atoms with Gasteiger partial charge in [0.05, 0.1) is 6.10 Å². The first-order chi connectivity index (χ1) is 5.57. The highest BCUT2D eigenvalue weighted by Crippen LogP contribution is 1.98. The standard InChI is InChI=1S/C8H17NO3/c1-6(2)7(10)4-9-8(11)5-12-3/h6-7,10H,4-5H2,1-3H3,(H,9,11). The monoisotopic (exact) mass is 175 g/mol. The number of hydrogen-bond acceptors (Lipinski definition) is 3. The number of carbonyl (C=O) groups excluding carboxylic acids is 1. The van der Waals surface area contributed by atoms with Crippen molar-refractivity contribution in [2.45, 2.75) is 20.0 Å². The lowest BCUT2D eigenvalue weighted by molar-refractivity contribution is -0.125. The van der Waals surface area contributed by atoms with Crippen molar-refractivity contribution in [2.75, 3.05) is 20.3 Å². The topological polar surface area (TPSA) is 58.6 Å². The van der Waals surface area contributed by atoms with E-state index in [1.165, 1.54) is 7.11 Å². The molecular weight excluding hydrogens is 158 g/mol. The summed E-state index contributed by atoms with van der Waals surface area (Å²) in [6.07, 6.45) is -0.481. The van der Waals surface area contributed by atoms with E-state index in [2.05, 4.69) is 10.1 Å². The van der Waals surface area contributed by atoms with Gasteiger partial charge in [0, 0.05) is 13.7 Å². The number of carbonyl (C=O) groups is 1. The van der Waals surface area contributed by atoms with Gasteiger partial charge in [-0.2, -0.15) is 0 Å². The molecule has 0 saturated heterocycles. The summed E-state index contributed by atoms with van der Waals surface area (Å²) in [5, 5.41) is 11.8. The summed E-state index contributed by atoms with van der Waals surface area (Å²) in [7, 11) is 1.46. The first kappa shape index (κ1) is 11.4. The average molecular weight is 175 g/mol. The molecule has 1 amide bonds. The highest BCUT2D eigenvalue weighted by molar-refractivity contribution is 5.77. The molecule has 0 aromatic rings. The second-order valence-electron chi connectivity index (χ2n) is 3.05. The quantitative estimate of drug-likeness (QED) is 0.606. The third-order valence-electron chi connectivity index (χ3n) is 1.55. The molecule has 0 bridgehead atoms. The van der Waals surface area contributed by atoms with Crippen LogP contribution in [0.3, 0.4) is 0 Å². The van der Waals surface area contributed by atoms with Crippen molar-refractivity contribution in [1.82, 2.24) is 5.32 Å². The van der Waals surface area contributed by atoms with Gasteiger partial charge in [0.2, 0.25) is 5.91 Å². The zero-order chi connectivity index (χ0) is 9.56. The van der Waals surface area contributed by atoms with Crippen molar-refractivity contribution in [3.05, 3.63) is 0 Å². The van der Waals surface area contributed by atoms with Crippen LogP contribution in [0.15, 0.2) is 0 Å². The number of nitrogens with one attached hydrogen (secondary N) is 1. The van der Waals surface area contributed by atoms with Gasteiger partial charge in [0.15, 0.2) is 0 Å². The Morgan fingerprint density at radius 2 is 2.17 bits per heavy atom. The van der Waals surface area contributed by atoms with Crippen LogP contribution in [-0.2, 0) is 9.53 Å². The van der Waals surface area contributed by atoms with E-state index >= 15 is 0 Å². The summed E-state index contributed by atoms with van der Waals surface area (Å²) in [5.74, 6) is -0.0370. The van der Waals surface area contributed by atoms with E-state index < -0.39 is 6.10 Å². The number of aliphatic hydroxyl groups is 1. The van der Waals surface area contributed by atoms with Crippen LogP contribution in [0.2, 0.25) is 0 Å². The van der Waals surface area contributed by atoms with E-state index in [9.17, 15) is 9.90 Å². The number of amides is 1. The van der Waals surface area contributed by atoms with E-state index in [0.717, 1.165) is 0 Å². The van der Waals surface area contributed by atoms with E-state index in [0.29, 0.717) is 6.54 Å². The Bertz CT molecular complexity index is 136. The normalized spacial score (nSPS) is 13.1. The molecule has 0 spiro atoms. The zero-order valence-corrected chi connectivity index (χ0v) is 7.83. The first-order valence-corrected chi connectivity index (χ1v) is 4.01. The Morgan fingerprint density at radius 1 is 1.58 bits per heavy atom. The summed E-state index contributed by atoms with van der Waals surface area (Å²) in [4.78, 5) is 10.8. The summed E-state index contributed by atoms with van der Waals surface area (Å²) in [5.41, 5.74) is 0. The van der Waals surface area contributed by atoms with Gasteiger partial charge in [-0.25, -0.2) is 0 Å². The molecule has 0 fully saturated rings. The van der Waals surface area contributed by atoms with Crippen LogP contribution in [0.1, 0.15) is 13.8 Å². The Balaban J connectivity index is 3.47. The van der Waals surface area contributed by atoms with Crippen LogP contribution in [0.5, 0.6) is 0 Å². The molecule has 4 heteroatoms. The number of rotatable bonds is 5. The molecule has 0 rings (SSSR count). The Kier molecular flexibility index (Phi) is 5.66. The molecule has 0 aliphatic rings. The number of aliphatic hydroxyl groups excluding tert-OH is 1. The third-order valence-corrected chi connectivity index (χ3v) is 1.55. The fourth-order valence-corrected chi connectivity index (χ4v) is 0.636. The maximum absolute atomic E-state index is 10.8. The van der Waals surface area contributed by atoms with E-state index in [-0.39, 0.29) is 18.4 Å². The van der Waals surface area contributed by atoms with Crippen LogP contribution in [0, 0.1) is 5.92 Å². The molecule has 2 N–H and O–H groups in total. The lowest BCUT2D eigenvalue weighted by atomic mass is 10.1. The molecule has 0 aliphatic heterocycles. The molecule has 0 radical (unpaired) electrons. The minimum atomic E-state index is -0.481. The number of methoxy groups -OCH3 is 1. The summed E-state index contributed by atoms with van der Waals surface area (Å²) in [6.45, 7) is 4.13. The van der Waals surface area contributed by atoms with Gasteiger partial charge in [-0.05, 0) is 5.92 Å². The van der Waals surface area contributed by atoms with Gasteiger partial charge in [0.25, 0.3) is 0 Å². The predicted molar refractivity (Wildman–Crippen MR) is 45.7 cm³/mol. The second kappa shape index (κ2) is 5.97. The van der Waals surface area contributed by atoms with Crippen molar-refractivity contribution in [3.63, 3.8) is 0 Å². The molecule has 0 aromatic heterocycles. The molecular formula is C8H17NO3. The van der Waals surface area contributed by atoms with Crippen molar-refractivity contribution in [3.8, 4) is 0 Å². The minimum absolute atomic E-state index is 0.0464. The van der Waals surface area contributed by atoms with Gasteiger partial charge in [-0.15, -0.1) is 0 Å². The molecule has 1 atom stereocenters. The molecule has 0 aliphatic carbocycles. The highest BCUT2D eigenvalue weighted by atomic mass is 16.5. The molecule has 0 saturated carbocycles. The van der Waals surface area contributed by atoms with Crippen LogP contribution >= 0.6 is 0 Å². The van der Waals surface area contributed by atoms with E-state index in [4.69, 9.17) is 0 Å². The zero-order valence-electron chi connectivity index (χ0n) is 7.83. The number of hydrogen-bond donors (Lipinski definition) is 2. The Hall–Kier alpha value is -0.610. The van der Waals surface area contributed by atoms with Crippen LogP contribution < -0.4 is 5.32 Å². The maximum Gasteiger partial charge on any atom is 0.246 e. The largest absolute Gasteiger partial charge is 0.391 e.